The van der Waals surface area contributed by atoms with E-state index in [1.54, 1.807) is 46.4 Å². The molecule has 0 saturated heterocycles. The summed E-state index contributed by atoms with van der Waals surface area (Å²) in [7, 11) is -1.36. The van der Waals surface area contributed by atoms with Gasteiger partial charge in [-0.25, -0.2) is 18.6 Å². The number of imidazole rings is 1. The second kappa shape index (κ2) is 12.6. The topological polar surface area (TPSA) is 108 Å². The molecule has 2 aromatic carbocycles. The molecule has 2 heterocycles. The van der Waals surface area contributed by atoms with Crippen LogP contribution >= 0.6 is 0 Å². The number of nitriles is 1. The first kappa shape index (κ1) is 29.9. The molecule has 0 fully saturated rings. The molecular formula is C29H32F2N4O5Si. The van der Waals surface area contributed by atoms with Crippen LogP contribution in [0.15, 0.2) is 47.4 Å². The molecule has 0 saturated carbocycles. The van der Waals surface area contributed by atoms with Crippen LogP contribution < -0.4 is 10.2 Å². The van der Waals surface area contributed by atoms with Gasteiger partial charge in [-0.1, -0.05) is 31.8 Å². The molecular weight excluding hydrogens is 550 g/mol. The number of rotatable bonds is 12. The molecule has 216 valence electrons. The third-order valence-corrected chi connectivity index (χ3v) is 8.13. The van der Waals surface area contributed by atoms with E-state index in [2.05, 4.69) is 19.6 Å². The predicted octanol–water partition coefficient (Wildman–Crippen LogP) is 5.40. The van der Waals surface area contributed by atoms with E-state index in [4.69, 9.17) is 19.2 Å². The number of ether oxygens (including phenoxy) is 3. The van der Waals surface area contributed by atoms with Crippen molar-refractivity contribution in [2.75, 3.05) is 19.8 Å². The minimum atomic E-state index is -2.70. The molecule has 0 aliphatic heterocycles. The number of esters is 1. The second-order valence-corrected chi connectivity index (χ2v) is 16.3. The predicted molar refractivity (Wildman–Crippen MR) is 153 cm³/mol. The second-order valence-electron chi connectivity index (χ2n) is 10.7. The van der Waals surface area contributed by atoms with Crippen molar-refractivity contribution in [2.24, 2.45) is 0 Å². The normalized spacial score (nSPS) is 11.8. The van der Waals surface area contributed by atoms with Crippen molar-refractivity contribution in [3.05, 3.63) is 69.8 Å². The fourth-order valence-corrected chi connectivity index (χ4v) is 5.10. The summed E-state index contributed by atoms with van der Waals surface area (Å²) in [5, 5.41) is 10.0. The highest BCUT2D eigenvalue weighted by Gasteiger charge is 2.20. The number of aromatic nitrogens is 3. The Bertz CT molecular complexity index is 1670. The number of hydrogen-bond acceptors (Lipinski definition) is 7. The molecule has 12 heteroatoms. The Kier molecular flexibility index (Phi) is 9.20. The van der Waals surface area contributed by atoms with Crippen LogP contribution in [0.4, 0.5) is 8.78 Å². The van der Waals surface area contributed by atoms with Crippen molar-refractivity contribution in [3.8, 4) is 11.8 Å². The third-order valence-electron chi connectivity index (χ3n) is 6.43. The van der Waals surface area contributed by atoms with Gasteiger partial charge in [0.15, 0.2) is 0 Å². The maximum Gasteiger partial charge on any atom is 0.343 e. The summed E-state index contributed by atoms with van der Waals surface area (Å²) in [5.41, 5.74) is 1.12. The Labute approximate surface area is 236 Å². The lowest BCUT2D eigenvalue weighted by molar-refractivity contribution is 0.0524. The molecule has 0 aliphatic rings. The van der Waals surface area contributed by atoms with E-state index in [9.17, 15) is 23.6 Å². The number of carbonyl (C=O) groups is 1. The molecule has 2 aromatic heterocycles. The number of hydrogen-bond donors (Lipinski definition) is 0. The van der Waals surface area contributed by atoms with Gasteiger partial charge >= 0.3 is 5.97 Å². The number of halogens is 2. The Morgan fingerprint density at radius 3 is 2.61 bits per heavy atom. The maximum atomic E-state index is 13.1. The quantitative estimate of drug-likeness (QED) is 0.125. The highest BCUT2D eigenvalue weighted by atomic mass is 28.3. The number of alkyl halides is 2. The summed E-state index contributed by atoms with van der Waals surface area (Å²) in [4.78, 5) is 30.4. The van der Waals surface area contributed by atoms with E-state index < -0.39 is 32.5 Å². The third kappa shape index (κ3) is 6.98. The summed E-state index contributed by atoms with van der Waals surface area (Å²) in [6.45, 7) is 8.46. The van der Waals surface area contributed by atoms with Crippen molar-refractivity contribution in [1.82, 2.24) is 14.1 Å². The van der Waals surface area contributed by atoms with Crippen molar-refractivity contribution >= 4 is 36.0 Å². The lowest BCUT2D eigenvalue weighted by Crippen LogP contribution is -2.23. The molecule has 41 heavy (non-hydrogen) atoms. The minimum Gasteiger partial charge on any atom is -0.486 e. The average molecular weight is 583 g/mol. The maximum absolute atomic E-state index is 13.1. The molecule has 9 nitrogen and oxygen atoms in total. The number of benzene rings is 2. The summed E-state index contributed by atoms with van der Waals surface area (Å²) < 4.78 is 45.6. The van der Waals surface area contributed by atoms with Gasteiger partial charge in [0.1, 0.15) is 36.5 Å². The van der Waals surface area contributed by atoms with Crippen LogP contribution in [0, 0.1) is 11.3 Å². The minimum absolute atomic E-state index is 0.00885. The Balaban J connectivity index is 1.83. The summed E-state index contributed by atoms with van der Waals surface area (Å²) in [5.74, 6) is -0.208. The zero-order valence-electron chi connectivity index (χ0n) is 23.4. The Morgan fingerprint density at radius 2 is 1.93 bits per heavy atom. The monoisotopic (exact) mass is 582 g/mol. The summed E-state index contributed by atoms with van der Waals surface area (Å²) in [6.07, 6.45) is -1.25. The largest absolute Gasteiger partial charge is 0.486 e. The van der Waals surface area contributed by atoms with Gasteiger partial charge in [0.05, 0.1) is 35.3 Å². The fraction of sp³-hybridized carbons (Fsp3) is 0.379. The van der Waals surface area contributed by atoms with Crippen molar-refractivity contribution in [3.63, 3.8) is 0 Å². The lowest BCUT2D eigenvalue weighted by Gasteiger charge is -2.17. The highest BCUT2D eigenvalue weighted by molar-refractivity contribution is 6.76. The van der Waals surface area contributed by atoms with E-state index in [0.29, 0.717) is 34.4 Å². The first-order valence-electron chi connectivity index (χ1n) is 13.2. The molecule has 0 N–H and O–H groups in total. The molecule has 0 aliphatic carbocycles. The Hall–Kier alpha value is -4.08. The first-order chi connectivity index (χ1) is 19.5. The first-order valence-corrected chi connectivity index (χ1v) is 16.9. The molecule has 0 spiro atoms. The van der Waals surface area contributed by atoms with E-state index in [1.807, 2.05) is 6.07 Å². The van der Waals surface area contributed by atoms with Gasteiger partial charge in [0, 0.05) is 32.3 Å². The number of pyridine rings is 1. The van der Waals surface area contributed by atoms with Gasteiger partial charge in [-0.05, 0) is 31.2 Å². The Morgan fingerprint density at radius 1 is 1.17 bits per heavy atom. The van der Waals surface area contributed by atoms with E-state index in [0.717, 1.165) is 6.04 Å². The van der Waals surface area contributed by atoms with E-state index in [-0.39, 0.29) is 36.8 Å². The van der Waals surface area contributed by atoms with E-state index in [1.165, 1.54) is 12.3 Å². The summed E-state index contributed by atoms with van der Waals surface area (Å²) >= 11 is 0. The van der Waals surface area contributed by atoms with Crippen LogP contribution in [0.2, 0.25) is 25.7 Å². The van der Waals surface area contributed by atoms with Gasteiger partial charge in [0.25, 0.3) is 6.43 Å². The van der Waals surface area contributed by atoms with Gasteiger partial charge < -0.3 is 23.3 Å². The molecule has 4 rings (SSSR count). The molecule has 0 atom stereocenters. The molecule has 0 amide bonds. The molecule has 0 bridgehead atoms. The zero-order valence-corrected chi connectivity index (χ0v) is 24.4. The van der Waals surface area contributed by atoms with Crippen LogP contribution in [-0.2, 0) is 22.7 Å². The van der Waals surface area contributed by atoms with Crippen LogP contribution in [0.1, 0.15) is 28.7 Å². The summed E-state index contributed by atoms with van der Waals surface area (Å²) in [6, 6.07) is 12.9. The van der Waals surface area contributed by atoms with Crippen molar-refractivity contribution < 1.29 is 27.8 Å². The lowest BCUT2D eigenvalue weighted by atomic mass is 10.1. The number of fused-ring (bicyclic) bond motifs is 2. The van der Waals surface area contributed by atoms with Crippen LogP contribution in [0.25, 0.3) is 21.9 Å². The smallest absolute Gasteiger partial charge is 0.343 e. The van der Waals surface area contributed by atoms with Gasteiger partial charge in [0.2, 0.25) is 5.43 Å². The average Bonchev–Trinajstić information content (AvgIpc) is 3.25. The SMILES string of the molecule is CCOC(=O)c1cn(Cc2nc3cc(OCC(F)F)c(C#N)cc3n2COCC[Si](C)(C)C)c2ccccc2c1=O. The standard InChI is InChI=1S/C29H32F2N4O5Si/c1-5-39-29(37)21-15-34(23-9-7-6-8-20(23)28(21)36)16-27-33-22-13-25(40-17-26(30)31)19(14-32)12-24(22)35(27)18-38-10-11-41(2,3)4/h6-9,12-13,15,26H,5,10-11,16-18H2,1-4H3. The van der Waals surface area contributed by atoms with Crippen molar-refractivity contribution in [1.29, 1.82) is 5.26 Å². The zero-order chi connectivity index (χ0) is 29.7. The fourth-order valence-electron chi connectivity index (χ4n) is 4.34. The number of para-hydroxylation sites is 1. The molecule has 0 radical (unpaired) electrons. The van der Waals surface area contributed by atoms with Crippen LogP contribution in [-0.4, -0.2) is 54.4 Å². The van der Waals surface area contributed by atoms with Gasteiger partial charge in [-0.3, -0.25) is 4.79 Å². The molecule has 0 unspecified atom stereocenters. The van der Waals surface area contributed by atoms with Gasteiger partial charge in [-0.15, -0.1) is 0 Å². The van der Waals surface area contributed by atoms with Crippen LogP contribution in [0.3, 0.4) is 0 Å². The number of carbonyl (C=O) groups excluding carboxylic acids is 1. The van der Waals surface area contributed by atoms with Gasteiger partial charge in [-0.2, -0.15) is 5.26 Å². The van der Waals surface area contributed by atoms with E-state index >= 15 is 0 Å². The highest BCUT2D eigenvalue weighted by Crippen LogP contribution is 2.28. The molecule has 4 aromatic rings. The van der Waals surface area contributed by atoms with Crippen molar-refractivity contribution in [2.45, 2.75) is 52.3 Å². The number of nitrogens with zero attached hydrogens (tertiary/aromatic N) is 4. The van der Waals surface area contributed by atoms with Crippen LogP contribution in [0.5, 0.6) is 5.75 Å².